The standard InChI is InChI=1S/C7H7BrN4/c1-12-4-5(2-10-12)7-6(8)3-9-11-7/h2-4H,1H3,(H,9,11). The SMILES string of the molecule is Cn1cc(-c2[nH]ncc2Br)cn1. The van der Waals surface area contributed by atoms with Crippen LogP contribution in [0.25, 0.3) is 11.3 Å². The highest BCUT2D eigenvalue weighted by atomic mass is 79.9. The fraction of sp³-hybridized carbons (Fsp3) is 0.143. The van der Waals surface area contributed by atoms with Gasteiger partial charge in [0.15, 0.2) is 0 Å². The number of rotatable bonds is 1. The Labute approximate surface area is 77.7 Å². The maximum absolute atomic E-state index is 4.06. The molecule has 0 amide bonds. The molecule has 0 radical (unpaired) electrons. The molecule has 0 spiro atoms. The first kappa shape index (κ1) is 7.54. The highest BCUT2D eigenvalue weighted by Gasteiger charge is 2.05. The van der Waals surface area contributed by atoms with Crippen molar-refractivity contribution in [3.05, 3.63) is 23.1 Å². The van der Waals surface area contributed by atoms with Gasteiger partial charge in [-0.3, -0.25) is 9.78 Å². The Bertz CT molecular complexity index is 390. The molecule has 62 valence electrons. The summed E-state index contributed by atoms with van der Waals surface area (Å²) in [4.78, 5) is 0. The second kappa shape index (κ2) is 2.75. The molecule has 1 N–H and O–H groups in total. The minimum Gasteiger partial charge on any atom is -0.277 e. The second-order valence-corrected chi connectivity index (χ2v) is 3.35. The van der Waals surface area contributed by atoms with E-state index in [2.05, 4.69) is 31.2 Å². The van der Waals surface area contributed by atoms with Gasteiger partial charge in [-0.1, -0.05) is 0 Å². The highest BCUT2D eigenvalue weighted by molar-refractivity contribution is 9.10. The van der Waals surface area contributed by atoms with Crippen LogP contribution in [0.2, 0.25) is 0 Å². The molecule has 0 aliphatic heterocycles. The van der Waals surface area contributed by atoms with E-state index in [4.69, 9.17) is 0 Å². The first-order chi connectivity index (χ1) is 5.77. The normalized spacial score (nSPS) is 10.5. The van der Waals surface area contributed by atoms with Crippen molar-refractivity contribution in [1.82, 2.24) is 20.0 Å². The summed E-state index contributed by atoms with van der Waals surface area (Å²) in [7, 11) is 1.88. The van der Waals surface area contributed by atoms with Gasteiger partial charge in [-0.25, -0.2) is 0 Å². The summed E-state index contributed by atoms with van der Waals surface area (Å²) < 4.78 is 2.71. The molecular weight excluding hydrogens is 220 g/mol. The summed E-state index contributed by atoms with van der Waals surface area (Å²) >= 11 is 3.38. The van der Waals surface area contributed by atoms with Crippen LogP contribution in [0.3, 0.4) is 0 Å². The van der Waals surface area contributed by atoms with Crippen molar-refractivity contribution in [2.45, 2.75) is 0 Å². The number of H-pyrrole nitrogens is 1. The lowest BCUT2D eigenvalue weighted by molar-refractivity contribution is 0.768. The fourth-order valence-corrected chi connectivity index (χ4v) is 1.44. The van der Waals surface area contributed by atoms with Crippen molar-refractivity contribution in [2.75, 3.05) is 0 Å². The quantitative estimate of drug-likeness (QED) is 0.803. The largest absolute Gasteiger partial charge is 0.277 e. The van der Waals surface area contributed by atoms with Crippen LogP contribution in [0, 0.1) is 0 Å². The smallest absolute Gasteiger partial charge is 0.0824 e. The number of hydrogen-bond acceptors (Lipinski definition) is 2. The first-order valence-electron chi connectivity index (χ1n) is 3.45. The minimum atomic E-state index is 0.954. The molecule has 0 unspecified atom stereocenters. The number of aromatic nitrogens is 4. The molecule has 0 saturated carbocycles. The summed E-state index contributed by atoms with van der Waals surface area (Å²) in [6, 6.07) is 0. The molecule has 2 aromatic rings. The summed E-state index contributed by atoms with van der Waals surface area (Å²) in [6.45, 7) is 0. The zero-order valence-electron chi connectivity index (χ0n) is 6.45. The van der Waals surface area contributed by atoms with Crippen LogP contribution in [0.4, 0.5) is 0 Å². The predicted octanol–water partition coefficient (Wildman–Crippen LogP) is 1.57. The molecule has 4 nitrogen and oxygen atoms in total. The topological polar surface area (TPSA) is 46.5 Å². The molecular formula is C7H7BrN4. The summed E-state index contributed by atoms with van der Waals surface area (Å²) in [5, 5.41) is 10.8. The molecule has 2 aromatic heterocycles. The Morgan fingerprint density at radius 2 is 2.33 bits per heavy atom. The van der Waals surface area contributed by atoms with E-state index >= 15 is 0 Å². The van der Waals surface area contributed by atoms with Gasteiger partial charge in [-0.2, -0.15) is 10.2 Å². The molecule has 0 saturated heterocycles. The maximum atomic E-state index is 4.06. The monoisotopic (exact) mass is 226 g/mol. The van der Waals surface area contributed by atoms with E-state index in [1.54, 1.807) is 17.1 Å². The number of nitrogens with one attached hydrogen (secondary N) is 1. The van der Waals surface area contributed by atoms with E-state index in [0.29, 0.717) is 0 Å². The molecule has 2 heterocycles. The van der Waals surface area contributed by atoms with Gasteiger partial charge >= 0.3 is 0 Å². The van der Waals surface area contributed by atoms with E-state index in [-0.39, 0.29) is 0 Å². The average Bonchev–Trinajstić information content (AvgIpc) is 2.58. The van der Waals surface area contributed by atoms with E-state index in [1.807, 2.05) is 13.2 Å². The van der Waals surface area contributed by atoms with Gasteiger partial charge in [0.25, 0.3) is 0 Å². The lowest BCUT2D eigenvalue weighted by atomic mass is 10.3. The first-order valence-corrected chi connectivity index (χ1v) is 4.24. The van der Waals surface area contributed by atoms with Crippen LogP contribution < -0.4 is 0 Å². The number of aryl methyl sites for hydroxylation is 1. The lowest BCUT2D eigenvalue weighted by Crippen LogP contribution is -1.84. The third kappa shape index (κ3) is 1.16. The Morgan fingerprint density at radius 1 is 1.50 bits per heavy atom. The molecule has 0 atom stereocenters. The number of aromatic amines is 1. The number of halogens is 1. The second-order valence-electron chi connectivity index (χ2n) is 2.50. The van der Waals surface area contributed by atoms with Crippen LogP contribution in [0.15, 0.2) is 23.1 Å². The molecule has 2 rings (SSSR count). The van der Waals surface area contributed by atoms with Crippen molar-refractivity contribution in [3.63, 3.8) is 0 Å². The van der Waals surface area contributed by atoms with Crippen molar-refractivity contribution in [2.24, 2.45) is 7.05 Å². The molecule has 0 aliphatic rings. The zero-order valence-corrected chi connectivity index (χ0v) is 8.04. The third-order valence-electron chi connectivity index (χ3n) is 1.59. The summed E-state index contributed by atoms with van der Waals surface area (Å²) in [5.74, 6) is 0. The van der Waals surface area contributed by atoms with Crippen molar-refractivity contribution >= 4 is 15.9 Å². The number of nitrogens with zero attached hydrogens (tertiary/aromatic N) is 3. The van der Waals surface area contributed by atoms with Gasteiger partial charge in [0.2, 0.25) is 0 Å². The predicted molar refractivity (Wildman–Crippen MR) is 48.5 cm³/mol. The van der Waals surface area contributed by atoms with Gasteiger partial charge in [-0.05, 0) is 15.9 Å². The van der Waals surface area contributed by atoms with E-state index in [9.17, 15) is 0 Å². The van der Waals surface area contributed by atoms with Crippen LogP contribution in [0.5, 0.6) is 0 Å². The minimum absolute atomic E-state index is 0.954. The maximum Gasteiger partial charge on any atom is 0.0824 e. The number of hydrogen-bond donors (Lipinski definition) is 1. The zero-order chi connectivity index (χ0) is 8.55. The molecule has 0 aliphatic carbocycles. The Morgan fingerprint density at radius 3 is 2.83 bits per heavy atom. The van der Waals surface area contributed by atoms with Gasteiger partial charge in [0.1, 0.15) is 0 Å². The van der Waals surface area contributed by atoms with E-state index in [0.717, 1.165) is 15.7 Å². The van der Waals surface area contributed by atoms with Crippen LogP contribution in [-0.2, 0) is 7.05 Å². The molecule has 12 heavy (non-hydrogen) atoms. The van der Waals surface area contributed by atoms with Gasteiger partial charge in [0, 0.05) is 18.8 Å². The molecule has 5 heteroatoms. The van der Waals surface area contributed by atoms with Gasteiger partial charge < -0.3 is 0 Å². The van der Waals surface area contributed by atoms with Gasteiger partial charge in [0.05, 0.1) is 22.6 Å². The lowest BCUT2D eigenvalue weighted by Gasteiger charge is -1.89. The molecule has 0 bridgehead atoms. The Hall–Kier alpha value is -1.10. The Kier molecular flexibility index (Phi) is 1.73. The summed E-state index contributed by atoms with van der Waals surface area (Å²) in [5.41, 5.74) is 1.99. The Balaban J connectivity index is 2.50. The van der Waals surface area contributed by atoms with Crippen molar-refractivity contribution in [3.8, 4) is 11.3 Å². The summed E-state index contributed by atoms with van der Waals surface area (Å²) in [6.07, 6.45) is 5.44. The molecule has 0 aromatic carbocycles. The van der Waals surface area contributed by atoms with Crippen LogP contribution >= 0.6 is 15.9 Å². The highest BCUT2D eigenvalue weighted by Crippen LogP contribution is 2.24. The average molecular weight is 227 g/mol. The van der Waals surface area contributed by atoms with Crippen molar-refractivity contribution in [1.29, 1.82) is 0 Å². The van der Waals surface area contributed by atoms with E-state index in [1.165, 1.54) is 0 Å². The van der Waals surface area contributed by atoms with Crippen molar-refractivity contribution < 1.29 is 0 Å². The third-order valence-corrected chi connectivity index (χ3v) is 2.19. The van der Waals surface area contributed by atoms with Crippen LogP contribution in [-0.4, -0.2) is 20.0 Å². The van der Waals surface area contributed by atoms with Gasteiger partial charge in [-0.15, -0.1) is 0 Å². The van der Waals surface area contributed by atoms with E-state index < -0.39 is 0 Å². The fourth-order valence-electron chi connectivity index (χ4n) is 1.02. The molecule has 0 fully saturated rings. The van der Waals surface area contributed by atoms with Crippen LogP contribution in [0.1, 0.15) is 0 Å².